The van der Waals surface area contributed by atoms with Gasteiger partial charge < -0.3 is 15.8 Å². The molecular weight excluding hydrogens is 256 g/mol. The molecule has 2 heterocycles. The normalized spacial score (nSPS) is 24.5. The number of nitrogens with zero attached hydrogens (tertiary/aromatic N) is 2. The lowest BCUT2D eigenvalue weighted by molar-refractivity contribution is -0.123. The molecule has 0 radical (unpaired) electrons. The van der Waals surface area contributed by atoms with Crippen molar-refractivity contribution < 1.29 is 9.53 Å². The molecule has 0 aromatic heterocycles. The number of morpholine rings is 1. The third kappa shape index (κ3) is 5.36. The molecular formula is C14H28N4O2. The minimum Gasteiger partial charge on any atom is -0.379 e. The summed E-state index contributed by atoms with van der Waals surface area (Å²) in [5, 5.41) is 3.09. The van der Waals surface area contributed by atoms with Gasteiger partial charge in [-0.05, 0) is 19.8 Å². The first-order valence-electron chi connectivity index (χ1n) is 7.71. The van der Waals surface area contributed by atoms with Crippen molar-refractivity contribution in [2.45, 2.75) is 31.8 Å². The average Bonchev–Trinajstić information content (AvgIpc) is 2.42. The highest BCUT2D eigenvalue weighted by Crippen LogP contribution is 2.07. The molecule has 6 nitrogen and oxygen atoms in total. The lowest BCUT2D eigenvalue weighted by atomic mass is 10.1. The van der Waals surface area contributed by atoms with Crippen molar-refractivity contribution in [2.24, 2.45) is 5.73 Å². The van der Waals surface area contributed by atoms with E-state index in [2.05, 4.69) is 22.0 Å². The highest BCUT2D eigenvalue weighted by atomic mass is 16.5. The summed E-state index contributed by atoms with van der Waals surface area (Å²) in [6, 6.07) is 0.502. The summed E-state index contributed by atoms with van der Waals surface area (Å²) in [5.41, 5.74) is 5.87. The summed E-state index contributed by atoms with van der Waals surface area (Å²) < 4.78 is 5.33. The van der Waals surface area contributed by atoms with Crippen molar-refractivity contribution in [1.82, 2.24) is 15.1 Å². The minimum atomic E-state index is 0.126. The summed E-state index contributed by atoms with van der Waals surface area (Å²) in [7, 11) is 0. The molecule has 1 unspecified atom stereocenters. The van der Waals surface area contributed by atoms with Gasteiger partial charge in [0.05, 0.1) is 19.8 Å². The number of amides is 1. The van der Waals surface area contributed by atoms with E-state index in [1.165, 1.54) is 0 Å². The second-order valence-electron chi connectivity index (χ2n) is 6.00. The fraction of sp³-hybridized carbons (Fsp3) is 0.929. The second-order valence-corrected chi connectivity index (χ2v) is 6.00. The van der Waals surface area contributed by atoms with Crippen LogP contribution in [0.5, 0.6) is 0 Å². The first-order chi connectivity index (χ1) is 9.63. The van der Waals surface area contributed by atoms with Crippen LogP contribution in [0.15, 0.2) is 0 Å². The Hall–Kier alpha value is -0.690. The van der Waals surface area contributed by atoms with Crippen LogP contribution in [0.3, 0.4) is 0 Å². The number of carbonyl (C=O) groups excluding carboxylic acids is 1. The third-order valence-corrected chi connectivity index (χ3v) is 4.04. The molecule has 116 valence electrons. The molecule has 3 N–H and O–H groups in total. The first-order valence-corrected chi connectivity index (χ1v) is 7.71. The molecule has 2 rings (SSSR count). The summed E-state index contributed by atoms with van der Waals surface area (Å²) >= 11 is 0. The van der Waals surface area contributed by atoms with Gasteiger partial charge in [0.25, 0.3) is 0 Å². The molecule has 0 saturated carbocycles. The Bertz CT molecular complexity index is 300. The quantitative estimate of drug-likeness (QED) is 0.695. The van der Waals surface area contributed by atoms with Crippen LogP contribution in [0.4, 0.5) is 0 Å². The van der Waals surface area contributed by atoms with E-state index >= 15 is 0 Å². The highest BCUT2D eigenvalue weighted by molar-refractivity contribution is 5.78. The van der Waals surface area contributed by atoms with Crippen LogP contribution in [0.1, 0.15) is 19.8 Å². The van der Waals surface area contributed by atoms with Crippen LogP contribution in [-0.4, -0.2) is 80.3 Å². The van der Waals surface area contributed by atoms with E-state index in [1.54, 1.807) is 0 Å². The Morgan fingerprint density at radius 2 is 1.90 bits per heavy atom. The van der Waals surface area contributed by atoms with Crippen molar-refractivity contribution in [3.8, 4) is 0 Å². The van der Waals surface area contributed by atoms with E-state index in [0.717, 1.165) is 58.8 Å². The molecule has 0 aliphatic carbocycles. The summed E-state index contributed by atoms with van der Waals surface area (Å²) in [5.74, 6) is 0.126. The Balaban J connectivity index is 1.63. The van der Waals surface area contributed by atoms with E-state index in [9.17, 15) is 4.79 Å². The number of carbonyl (C=O) groups is 1. The molecule has 2 fully saturated rings. The lowest BCUT2D eigenvalue weighted by Crippen LogP contribution is -2.49. The molecule has 0 bridgehead atoms. The molecule has 2 aliphatic rings. The molecule has 1 atom stereocenters. The number of nitrogens with one attached hydrogen (secondary N) is 1. The van der Waals surface area contributed by atoms with Gasteiger partial charge in [0, 0.05) is 44.8 Å². The van der Waals surface area contributed by atoms with Gasteiger partial charge in [-0.1, -0.05) is 0 Å². The van der Waals surface area contributed by atoms with Crippen LogP contribution in [0, 0.1) is 0 Å². The third-order valence-electron chi connectivity index (χ3n) is 4.04. The Morgan fingerprint density at radius 3 is 2.55 bits per heavy atom. The van der Waals surface area contributed by atoms with Gasteiger partial charge >= 0.3 is 0 Å². The fourth-order valence-corrected chi connectivity index (χ4v) is 2.85. The fourth-order valence-electron chi connectivity index (χ4n) is 2.85. The topological polar surface area (TPSA) is 70.8 Å². The molecule has 0 aromatic rings. The van der Waals surface area contributed by atoms with Gasteiger partial charge in [-0.3, -0.25) is 14.6 Å². The van der Waals surface area contributed by atoms with Gasteiger partial charge in [-0.15, -0.1) is 0 Å². The van der Waals surface area contributed by atoms with Gasteiger partial charge in [-0.2, -0.15) is 0 Å². The number of nitrogens with two attached hydrogens (primary N) is 1. The molecule has 1 amide bonds. The maximum atomic E-state index is 12.0. The molecule has 0 spiro atoms. The Kier molecular flexibility index (Phi) is 6.22. The number of piperidine rings is 1. The van der Waals surface area contributed by atoms with Crippen LogP contribution in [0.2, 0.25) is 0 Å². The number of ether oxygens (including phenoxy) is 1. The van der Waals surface area contributed by atoms with Crippen molar-refractivity contribution in [3.05, 3.63) is 0 Å². The monoisotopic (exact) mass is 284 g/mol. The van der Waals surface area contributed by atoms with Crippen molar-refractivity contribution in [2.75, 3.05) is 52.5 Å². The van der Waals surface area contributed by atoms with Crippen molar-refractivity contribution >= 4 is 5.91 Å². The number of likely N-dealkylation sites (tertiary alicyclic amines) is 1. The van der Waals surface area contributed by atoms with E-state index in [-0.39, 0.29) is 11.9 Å². The van der Waals surface area contributed by atoms with Crippen LogP contribution in [0.25, 0.3) is 0 Å². The molecule has 0 aromatic carbocycles. The number of hydrogen-bond donors (Lipinski definition) is 2. The summed E-state index contributed by atoms with van der Waals surface area (Å²) in [6.07, 6.45) is 1.99. The van der Waals surface area contributed by atoms with Gasteiger partial charge in [0.15, 0.2) is 0 Å². The standard InChI is InChI=1S/C14H28N4O2/c1-12(10-18-6-8-20-9-7-18)16-14(19)11-17-4-2-13(15)3-5-17/h12-13H,2-11,15H2,1H3,(H,16,19). The lowest BCUT2D eigenvalue weighted by Gasteiger charge is -2.31. The van der Waals surface area contributed by atoms with Crippen LogP contribution < -0.4 is 11.1 Å². The van der Waals surface area contributed by atoms with Crippen molar-refractivity contribution in [3.63, 3.8) is 0 Å². The summed E-state index contributed by atoms with van der Waals surface area (Å²) in [6.45, 7) is 8.87. The zero-order valence-electron chi connectivity index (χ0n) is 12.5. The first kappa shape index (κ1) is 15.7. The smallest absolute Gasteiger partial charge is 0.234 e. The molecule has 2 aliphatic heterocycles. The maximum Gasteiger partial charge on any atom is 0.234 e. The Morgan fingerprint density at radius 1 is 1.25 bits per heavy atom. The zero-order chi connectivity index (χ0) is 14.4. The number of hydrogen-bond acceptors (Lipinski definition) is 5. The zero-order valence-corrected chi connectivity index (χ0v) is 12.5. The van der Waals surface area contributed by atoms with Gasteiger partial charge in [-0.25, -0.2) is 0 Å². The predicted octanol–water partition coefficient (Wildman–Crippen LogP) is -0.754. The van der Waals surface area contributed by atoms with Crippen molar-refractivity contribution in [1.29, 1.82) is 0 Å². The number of rotatable bonds is 5. The molecule has 2 saturated heterocycles. The Labute approximate surface area is 121 Å². The second kappa shape index (κ2) is 7.93. The molecule has 6 heteroatoms. The van der Waals surface area contributed by atoms with E-state index in [1.807, 2.05) is 0 Å². The summed E-state index contributed by atoms with van der Waals surface area (Å²) in [4.78, 5) is 16.6. The SMILES string of the molecule is CC(CN1CCOCC1)NC(=O)CN1CCC(N)CC1. The van der Waals surface area contributed by atoms with Gasteiger partial charge in [0.2, 0.25) is 5.91 Å². The van der Waals surface area contributed by atoms with E-state index in [0.29, 0.717) is 12.6 Å². The van der Waals surface area contributed by atoms with Crippen LogP contribution in [-0.2, 0) is 9.53 Å². The van der Waals surface area contributed by atoms with E-state index in [4.69, 9.17) is 10.5 Å². The van der Waals surface area contributed by atoms with Crippen LogP contribution >= 0.6 is 0 Å². The molecule has 20 heavy (non-hydrogen) atoms. The van der Waals surface area contributed by atoms with Gasteiger partial charge in [0.1, 0.15) is 0 Å². The highest BCUT2D eigenvalue weighted by Gasteiger charge is 2.20. The minimum absolute atomic E-state index is 0.126. The van der Waals surface area contributed by atoms with E-state index < -0.39 is 0 Å². The average molecular weight is 284 g/mol. The predicted molar refractivity (Wildman–Crippen MR) is 78.5 cm³/mol. The maximum absolute atomic E-state index is 12.0. The largest absolute Gasteiger partial charge is 0.379 e.